The molecule has 0 atom stereocenters. The van der Waals surface area contributed by atoms with Crippen molar-refractivity contribution in [3.63, 3.8) is 0 Å². The fourth-order valence-corrected chi connectivity index (χ4v) is 2.48. The molecule has 0 fully saturated rings. The van der Waals surface area contributed by atoms with Gasteiger partial charge in [0.2, 0.25) is 17.1 Å². The van der Waals surface area contributed by atoms with Gasteiger partial charge < -0.3 is 9.15 Å². The van der Waals surface area contributed by atoms with Gasteiger partial charge in [-0.25, -0.2) is 4.98 Å². The summed E-state index contributed by atoms with van der Waals surface area (Å²) in [6.07, 6.45) is 0.478. The van der Waals surface area contributed by atoms with Crippen LogP contribution in [-0.4, -0.2) is 11.0 Å². The third kappa shape index (κ3) is 1.71. The van der Waals surface area contributed by atoms with Gasteiger partial charge >= 0.3 is 5.97 Å². The van der Waals surface area contributed by atoms with Gasteiger partial charge in [-0.15, -0.1) is 0 Å². The quantitative estimate of drug-likeness (QED) is 0.362. The minimum Gasteiger partial charge on any atom is -0.446 e. The number of nitrogens with zero attached hydrogens (tertiary/aromatic N) is 1. The zero-order chi connectivity index (χ0) is 15.4. The maximum absolute atomic E-state index is 14.5. The SMILES string of the molecule is O=C1CCc2cc3nc4ccc(=O)c(F)c-4oc3c(F)c2O1. The van der Waals surface area contributed by atoms with Gasteiger partial charge in [0.1, 0.15) is 11.2 Å². The van der Waals surface area contributed by atoms with Crippen molar-refractivity contribution in [2.75, 3.05) is 0 Å². The highest BCUT2D eigenvalue weighted by Gasteiger charge is 2.26. The van der Waals surface area contributed by atoms with E-state index >= 15 is 0 Å². The average Bonchev–Trinajstić information content (AvgIpc) is 2.51. The number of aryl methyl sites for hydroxylation is 1. The number of fused-ring (bicyclic) bond motifs is 3. The van der Waals surface area contributed by atoms with E-state index in [1.54, 1.807) is 0 Å². The van der Waals surface area contributed by atoms with Crippen molar-refractivity contribution in [1.29, 1.82) is 0 Å². The Morgan fingerprint density at radius 2 is 1.91 bits per heavy atom. The lowest BCUT2D eigenvalue weighted by molar-refractivity contribution is -0.135. The van der Waals surface area contributed by atoms with E-state index in [1.807, 2.05) is 0 Å². The summed E-state index contributed by atoms with van der Waals surface area (Å²) in [5, 5.41) is 0. The highest BCUT2D eigenvalue weighted by Crippen LogP contribution is 2.36. The number of ether oxygens (including phenoxy) is 1. The monoisotopic (exact) mass is 303 g/mol. The zero-order valence-corrected chi connectivity index (χ0v) is 11.0. The highest BCUT2D eigenvalue weighted by atomic mass is 19.1. The van der Waals surface area contributed by atoms with E-state index in [4.69, 9.17) is 9.15 Å². The summed E-state index contributed by atoms with van der Waals surface area (Å²) in [5.41, 5.74) is -0.461. The molecule has 1 aromatic rings. The molecule has 3 aliphatic rings. The van der Waals surface area contributed by atoms with Crippen LogP contribution in [0, 0.1) is 11.6 Å². The van der Waals surface area contributed by atoms with Crippen molar-refractivity contribution in [2.45, 2.75) is 12.8 Å². The van der Waals surface area contributed by atoms with Crippen LogP contribution in [0.3, 0.4) is 0 Å². The fraction of sp³-hybridized carbons (Fsp3) is 0.133. The van der Waals surface area contributed by atoms with Gasteiger partial charge in [0.05, 0.1) is 6.42 Å². The van der Waals surface area contributed by atoms with Gasteiger partial charge in [-0.1, -0.05) is 0 Å². The minimum absolute atomic E-state index is 0.108. The van der Waals surface area contributed by atoms with E-state index in [9.17, 15) is 18.4 Å². The van der Waals surface area contributed by atoms with Gasteiger partial charge in [0, 0.05) is 5.56 Å². The molecule has 0 spiro atoms. The lowest BCUT2D eigenvalue weighted by Crippen LogP contribution is -2.17. The summed E-state index contributed by atoms with van der Waals surface area (Å²) in [6.45, 7) is 0. The van der Waals surface area contributed by atoms with Crippen LogP contribution in [0.5, 0.6) is 5.75 Å². The van der Waals surface area contributed by atoms with Crippen LogP contribution in [0.2, 0.25) is 0 Å². The Morgan fingerprint density at radius 1 is 1.09 bits per heavy atom. The van der Waals surface area contributed by atoms with Gasteiger partial charge in [-0.2, -0.15) is 8.78 Å². The Kier molecular flexibility index (Phi) is 2.53. The van der Waals surface area contributed by atoms with Crippen molar-refractivity contribution in [3.8, 4) is 17.2 Å². The van der Waals surface area contributed by atoms with Gasteiger partial charge in [-0.3, -0.25) is 9.59 Å². The van der Waals surface area contributed by atoms with Crippen molar-refractivity contribution >= 4 is 17.1 Å². The predicted octanol–water partition coefficient (Wildman–Crippen LogP) is 2.42. The van der Waals surface area contributed by atoms with Crippen LogP contribution in [-0.2, 0) is 11.2 Å². The van der Waals surface area contributed by atoms with E-state index < -0.39 is 28.8 Å². The summed E-state index contributed by atoms with van der Waals surface area (Å²) in [4.78, 5) is 26.7. The molecule has 110 valence electrons. The fourth-order valence-electron chi connectivity index (χ4n) is 2.48. The lowest BCUT2D eigenvalue weighted by atomic mass is 10.0. The standard InChI is InChI=1S/C15H7F2NO4/c16-11-9(19)3-2-7-14(11)22-15-8(18-7)5-6-1-4-10(20)21-13(6)12(15)17/h2-3,5H,1,4H2. The van der Waals surface area contributed by atoms with Gasteiger partial charge in [0.15, 0.2) is 17.1 Å². The van der Waals surface area contributed by atoms with E-state index in [0.717, 1.165) is 6.07 Å². The largest absolute Gasteiger partial charge is 0.446 e. The zero-order valence-electron chi connectivity index (χ0n) is 11.0. The normalized spacial score (nSPS) is 14.2. The van der Waals surface area contributed by atoms with Gasteiger partial charge in [0.25, 0.3) is 0 Å². The van der Waals surface area contributed by atoms with Crippen LogP contribution in [0.1, 0.15) is 12.0 Å². The number of hydrogen-bond donors (Lipinski definition) is 0. The van der Waals surface area contributed by atoms with E-state index in [2.05, 4.69) is 4.98 Å². The molecule has 1 aliphatic carbocycles. The molecule has 0 saturated carbocycles. The molecule has 4 rings (SSSR count). The van der Waals surface area contributed by atoms with Crippen molar-refractivity contribution < 1.29 is 22.7 Å². The Bertz CT molecular complexity index is 979. The topological polar surface area (TPSA) is 69.4 Å². The van der Waals surface area contributed by atoms with Gasteiger partial charge in [-0.05, 0) is 24.6 Å². The average molecular weight is 303 g/mol. The number of carbonyl (C=O) groups excluding carboxylic acids is 1. The third-order valence-electron chi connectivity index (χ3n) is 3.53. The van der Waals surface area contributed by atoms with Crippen LogP contribution in [0.25, 0.3) is 22.6 Å². The second-order valence-corrected chi connectivity index (χ2v) is 4.94. The summed E-state index contributed by atoms with van der Waals surface area (Å²) in [5.74, 6) is -3.27. The molecule has 0 bridgehead atoms. The van der Waals surface area contributed by atoms with Crippen LogP contribution in [0.4, 0.5) is 8.78 Å². The Labute approximate surface area is 121 Å². The molecule has 7 heteroatoms. The third-order valence-corrected chi connectivity index (χ3v) is 3.53. The molecular formula is C15H7F2NO4. The lowest BCUT2D eigenvalue weighted by Gasteiger charge is -2.17. The maximum atomic E-state index is 14.5. The van der Waals surface area contributed by atoms with Crippen LogP contribution < -0.4 is 10.2 Å². The molecule has 0 amide bonds. The number of carbonyl (C=O) groups is 1. The maximum Gasteiger partial charge on any atom is 0.311 e. The number of halogens is 2. The predicted molar refractivity (Wildman–Crippen MR) is 70.8 cm³/mol. The second-order valence-electron chi connectivity index (χ2n) is 4.94. The number of aromatic nitrogens is 1. The molecule has 0 radical (unpaired) electrons. The first-order chi connectivity index (χ1) is 10.5. The summed E-state index contributed by atoms with van der Waals surface area (Å²) in [7, 11) is 0. The summed E-state index contributed by atoms with van der Waals surface area (Å²) >= 11 is 0. The smallest absolute Gasteiger partial charge is 0.311 e. The number of benzene rings is 2. The molecule has 1 aromatic carbocycles. The molecule has 5 nitrogen and oxygen atoms in total. The molecule has 0 saturated heterocycles. The highest BCUT2D eigenvalue weighted by molar-refractivity contribution is 5.83. The van der Waals surface area contributed by atoms with Crippen molar-refractivity contribution in [2.24, 2.45) is 0 Å². The van der Waals surface area contributed by atoms with Crippen LogP contribution >= 0.6 is 0 Å². The van der Waals surface area contributed by atoms with Crippen molar-refractivity contribution in [1.82, 2.24) is 4.98 Å². The number of rotatable bonds is 0. The summed E-state index contributed by atoms with van der Waals surface area (Å²) < 4.78 is 38.3. The Hall–Kier alpha value is -2.83. The molecule has 0 N–H and O–H groups in total. The first-order valence-electron chi connectivity index (χ1n) is 6.50. The first-order valence-corrected chi connectivity index (χ1v) is 6.50. The number of hydrogen-bond acceptors (Lipinski definition) is 5. The van der Waals surface area contributed by atoms with E-state index in [1.165, 1.54) is 12.1 Å². The van der Waals surface area contributed by atoms with E-state index in [0.29, 0.717) is 12.0 Å². The molecule has 0 unspecified atom stereocenters. The second kappa shape index (κ2) is 4.33. The van der Waals surface area contributed by atoms with Crippen LogP contribution in [0.15, 0.2) is 27.4 Å². The Balaban J connectivity index is 2.11. The molecule has 2 aliphatic heterocycles. The number of esters is 1. The molecule has 0 aromatic heterocycles. The molecular weight excluding hydrogens is 296 g/mol. The van der Waals surface area contributed by atoms with E-state index in [-0.39, 0.29) is 29.0 Å². The minimum atomic E-state index is -1.14. The summed E-state index contributed by atoms with van der Waals surface area (Å²) in [6, 6.07) is 3.87. The van der Waals surface area contributed by atoms with Crippen molar-refractivity contribution in [3.05, 3.63) is 45.6 Å². The first kappa shape index (κ1) is 12.9. The molecule has 2 heterocycles. The molecule has 22 heavy (non-hydrogen) atoms. The Morgan fingerprint density at radius 3 is 2.73 bits per heavy atom.